The van der Waals surface area contributed by atoms with Gasteiger partial charge in [-0.3, -0.25) is 24.1 Å². The number of thioether (sulfide) groups is 1. The van der Waals surface area contributed by atoms with E-state index in [1.54, 1.807) is 80.0 Å². The molecule has 1 aliphatic rings. The van der Waals surface area contributed by atoms with Gasteiger partial charge in [-0.2, -0.15) is 11.8 Å². The molecule has 1 aromatic carbocycles. The van der Waals surface area contributed by atoms with Crippen molar-refractivity contribution in [1.82, 2.24) is 24.9 Å². The predicted octanol–water partition coefficient (Wildman–Crippen LogP) is 3.53. The minimum Gasteiger partial charge on any atom is -0.508 e. The zero-order valence-corrected chi connectivity index (χ0v) is 37.1. The summed E-state index contributed by atoms with van der Waals surface area (Å²) in [4.78, 5) is 62.6. The fourth-order valence-electron chi connectivity index (χ4n) is 7.84. The number of hydrogen-bond donors (Lipinski definition) is 2. The second-order valence-electron chi connectivity index (χ2n) is 15.9. The van der Waals surface area contributed by atoms with E-state index >= 15 is 0 Å². The Kier molecular flexibility index (Phi) is 18.9. The normalized spacial score (nSPS) is 19.3. The maximum absolute atomic E-state index is 14.3. The zero-order chi connectivity index (χ0) is 41.9. The first-order chi connectivity index (χ1) is 25.6. The van der Waals surface area contributed by atoms with Crippen LogP contribution in [0.2, 0.25) is 0 Å². The van der Waals surface area contributed by atoms with Gasteiger partial charge in [0.25, 0.3) is 0 Å². The van der Waals surface area contributed by atoms with Crippen LogP contribution in [0.4, 0.5) is 0 Å². The number of carbonyl (C=O) groups is 4. The first-order valence-corrected chi connectivity index (χ1v) is 22.7. The summed E-state index contributed by atoms with van der Waals surface area (Å²) in [6.45, 7) is 12.2. The molecule has 0 aliphatic carbocycles. The second kappa shape index (κ2) is 21.6. The van der Waals surface area contributed by atoms with Crippen molar-refractivity contribution in [2.45, 2.75) is 114 Å². The Morgan fingerprint density at radius 1 is 1.05 bits per heavy atom. The highest BCUT2D eigenvalue weighted by atomic mass is 32.2. The highest BCUT2D eigenvalue weighted by Gasteiger charge is 2.43. The van der Waals surface area contributed by atoms with Gasteiger partial charge in [0, 0.05) is 57.8 Å². The molecule has 2 N–H and O–H groups in total. The second-order valence-corrected chi connectivity index (χ2v) is 19.4. The molecule has 0 saturated carbocycles. The fraction of sp³-hybridized carbons (Fsp3) is 0.750. The van der Waals surface area contributed by atoms with Crippen molar-refractivity contribution in [1.29, 1.82) is 0 Å². The highest BCUT2D eigenvalue weighted by molar-refractivity contribution is 7.99. The number of nitrogens with one attached hydrogen (secondary N) is 1. The number of nitrogens with zero attached hydrogens (tertiary/aromatic N) is 4. The molecule has 9 atom stereocenters. The number of methoxy groups -OCH3 is 1. The van der Waals surface area contributed by atoms with E-state index < -0.39 is 45.2 Å². The maximum atomic E-state index is 14.3. The van der Waals surface area contributed by atoms with Crippen LogP contribution >= 0.6 is 11.8 Å². The average molecular weight is 812 g/mol. The van der Waals surface area contributed by atoms with Gasteiger partial charge in [0.05, 0.1) is 23.8 Å². The summed E-state index contributed by atoms with van der Waals surface area (Å²) in [5.41, 5.74) is 0.943. The Hall–Kier alpha value is -2.88. The Labute approximate surface area is 335 Å². The van der Waals surface area contributed by atoms with E-state index in [9.17, 15) is 32.7 Å². The van der Waals surface area contributed by atoms with Gasteiger partial charge in [0.2, 0.25) is 23.6 Å². The molecule has 13 nitrogen and oxygen atoms in total. The fourth-order valence-corrected chi connectivity index (χ4v) is 9.79. The van der Waals surface area contributed by atoms with Crippen molar-refractivity contribution in [2.75, 3.05) is 60.9 Å². The third-order valence-electron chi connectivity index (χ3n) is 11.4. The van der Waals surface area contributed by atoms with Crippen molar-refractivity contribution in [2.24, 2.45) is 17.8 Å². The lowest BCUT2D eigenvalue weighted by atomic mass is 9.89. The van der Waals surface area contributed by atoms with E-state index in [0.717, 1.165) is 24.7 Å². The van der Waals surface area contributed by atoms with Crippen molar-refractivity contribution in [3.05, 3.63) is 29.8 Å². The largest absolute Gasteiger partial charge is 0.508 e. The molecular weight excluding hydrogens is 743 g/mol. The number of benzene rings is 1. The summed E-state index contributed by atoms with van der Waals surface area (Å²) in [7, 11) is 4.71. The Bertz CT molecular complexity index is 1540. The predicted molar refractivity (Wildman–Crippen MR) is 221 cm³/mol. The topological polar surface area (TPSA) is 157 Å². The molecule has 0 spiro atoms. The van der Waals surface area contributed by atoms with Gasteiger partial charge in [0.1, 0.15) is 17.8 Å². The Morgan fingerprint density at radius 2 is 1.69 bits per heavy atom. The molecule has 4 amide bonds. The molecule has 1 aromatic rings. The smallest absolute Gasteiger partial charge is 0.245 e. The van der Waals surface area contributed by atoms with Crippen LogP contribution in [-0.2, 0) is 40.2 Å². The van der Waals surface area contributed by atoms with E-state index in [-0.39, 0.29) is 58.9 Å². The lowest BCUT2D eigenvalue weighted by Gasteiger charge is -2.41. The monoisotopic (exact) mass is 811 g/mol. The first-order valence-electron chi connectivity index (χ1n) is 19.4. The molecule has 55 heavy (non-hydrogen) atoms. The van der Waals surface area contributed by atoms with Crippen LogP contribution in [0, 0.1) is 17.8 Å². The van der Waals surface area contributed by atoms with E-state index in [0.29, 0.717) is 25.9 Å². The van der Waals surface area contributed by atoms with Crippen molar-refractivity contribution in [3.8, 4) is 5.75 Å². The Balaban J connectivity index is 2.28. The lowest BCUT2D eigenvalue weighted by Crippen LogP contribution is -2.60. The minimum atomic E-state index is -3.56. The van der Waals surface area contributed by atoms with E-state index in [1.807, 2.05) is 51.8 Å². The number of rotatable bonds is 21. The summed E-state index contributed by atoms with van der Waals surface area (Å²) >= 11 is 1.59. The van der Waals surface area contributed by atoms with Gasteiger partial charge in [-0.05, 0) is 76.1 Å². The number of ether oxygens (including phenoxy) is 1. The number of phenolic OH excluding ortho intramolecular Hbond substituents is 1. The van der Waals surface area contributed by atoms with Crippen LogP contribution in [0.25, 0.3) is 0 Å². The van der Waals surface area contributed by atoms with Crippen LogP contribution in [0.5, 0.6) is 5.75 Å². The van der Waals surface area contributed by atoms with Crippen LogP contribution < -0.4 is 5.32 Å². The zero-order valence-electron chi connectivity index (χ0n) is 35.4. The molecule has 0 radical (unpaired) electrons. The number of phenols is 1. The maximum Gasteiger partial charge on any atom is 0.245 e. The third-order valence-corrected chi connectivity index (χ3v) is 14.3. The molecule has 1 saturated heterocycles. The lowest BCUT2D eigenvalue weighted by molar-refractivity contribution is -0.146. The van der Waals surface area contributed by atoms with Crippen molar-refractivity contribution >= 4 is 45.2 Å². The summed E-state index contributed by atoms with van der Waals surface area (Å²) in [5, 5.41) is 11.6. The van der Waals surface area contributed by atoms with Gasteiger partial charge in [-0.15, -0.1) is 0 Å². The molecule has 1 fully saturated rings. The molecule has 0 aromatic heterocycles. The minimum absolute atomic E-state index is 0.0000167. The van der Waals surface area contributed by atoms with Gasteiger partial charge >= 0.3 is 0 Å². The van der Waals surface area contributed by atoms with Gasteiger partial charge < -0.3 is 29.9 Å². The summed E-state index contributed by atoms with van der Waals surface area (Å²) in [6.07, 6.45) is 5.34. The van der Waals surface area contributed by atoms with E-state index in [1.165, 1.54) is 6.92 Å². The summed E-state index contributed by atoms with van der Waals surface area (Å²) < 4.78 is 30.9. The number of likely N-dealkylation sites (N-methyl/N-ethyl adjacent to an activating group) is 3. The van der Waals surface area contributed by atoms with Crippen LogP contribution in [0.15, 0.2) is 24.3 Å². The third kappa shape index (κ3) is 12.8. The molecule has 1 heterocycles. The number of hydrogen-bond acceptors (Lipinski definition) is 10. The first kappa shape index (κ1) is 48.3. The van der Waals surface area contributed by atoms with Crippen molar-refractivity contribution in [3.63, 3.8) is 0 Å². The van der Waals surface area contributed by atoms with Crippen LogP contribution in [0.3, 0.4) is 0 Å². The van der Waals surface area contributed by atoms with Gasteiger partial charge in [0.15, 0.2) is 9.84 Å². The molecule has 9 unspecified atom stereocenters. The number of likely N-dealkylation sites (tertiary alicyclic amines) is 1. The van der Waals surface area contributed by atoms with Gasteiger partial charge in [-0.25, -0.2) is 8.42 Å². The van der Waals surface area contributed by atoms with E-state index in [2.05, 4.69) is 5.32 Å². The molecule has 15 heteroatoms. The molecule has 0 bridgehead atoms. The highest BCUT2D eigenvalue weighted by Crippen LogP contribution is 2.34. The number of carbonyl (C=O) groups excluding carboxylic acids is 4. The van der Waals surface area contributed by atoms with Gasteiger partial charge in [-0.1, -0.05) is 53.2 Å². The average Bonchev–Trinajstić information content (AvgIpc) is 3.61. The number of sulfone groups is 1. The standard InChI is InChI=1S/C40H69N5O8S2/c1-14-26(4)35(44(10)40(50)34(25(2)3)41-38(48)36(42(7)8)28(6)55(13,51)52)32(53-11)24-33(47)45-21-16-19-31(45)37(54-12)27(5)39(49)43(9)22-20-29-17-15-18-30(46)23-29/h15,17-18,23,25-28,31-32,34-37,46H,14,16,19-22,24H2,1-13H3,(H,41,48). The quantitative estimate of drug-likeness (QED) is 0.188. The summed E-state index contributed by atoms with van der Waals surface area (Å²) in [5.74, 6) is -1.56. The van der Waals surface area contributed by atoms with Crippen molar-refractivity contribution < 1.29 is 37.4 Å². The molecule has 314 valence electrons. The molecule has 1 aliphatic heterocycles. The summed E-state index contributed by atoms with van der Waals surface area (Å²) in [6, 6.07) is 4.41. The number of aromatic hydroxyl groups is 1. The number of amides is 4. The van der Waals surface area contributed by atoms with Crippen LogP contribution in [-0.4, -0.2) is 158 Å². The molecule has 2 rings (SSSR count). The Morgan fingerprint density at radius 3 is 2.20 bits per heavy atom. The molecular formula is C40H69N5O8S2. The SMILES string of the molecule is CCC(C)C(C(CC(=O)N1CCCC1C(SC)C(C)C(=O)N(C)CCc1cccc(O)c1)OC)N(C)C(=O)C(NC(=O)C(C(C)S(C)(=O)=O)N(C)C)C(C)C. The van der Waals surface area contributed by atoms with Crippen LogP contribution in [0.1, 0.15) is 72.8 Å². The van der Waals surface area contributed by atoms with E-state index in [4.69, 9.17) is 4.74 Å².